The molecule has 0 aromatic carbocycles. The number of likely N-dealkylation sites (tertiary alicyclic amines) is 1. The highest BCUT2D eigenvalue weighted by molar-refractivity contribution is 5.80. The molecule has 0 aromatic heterocycles. The second-order valence-electron chi connectivity index (χ2n) is 5.61. The topological polar surface area (TPSA) is 78.7 Å². The lowest BCUT2D eigenvalue weighted by atomic mass is 9.96. The van der Waals surface area contributed by atoms with Crippen LogP contribution in [0.1, 0.15) is 39.0 Å². The summed E-state index contributed by atoms with van der Waals surface area (Å²) >= 11 is 0. The fourth-order valence-electron chi connectivity index (χ4n) is 2.55. The number of hydrazine groups is 1. The van der Waals surface area contributed by atoms with E-state index in [1.807, 2.05) is 11.9 Å². The van der Waals surface area contributed by atoms with E-state index in [0.29, 0.717) is 32.5 Å². The first-order valence-electron chi connectivity index (χ1n) is 7.55. The Bertz CT molecular complexity index is 314. The van der Waals surface area contributed by atoms with Crippen molar-refractivity contribution in [1.82, 2.24) is 15.2 Å². The molecular weight excluding hydrogens is 256 g/mol. The lowest BCUT2D eigenvalue weighted by molar-refractivity contribution is -0.136. The first-order valence-corrected chi connectivity index (χ1v) is 7.55. The lowest BCUT2D eigenvalue weighted by Gasteiger charge is -2.32. The van der Waals surface area contributed by atoms with Crippen LogP contribution in [-0.2, 0) is 9.59 Å². The fraction of sp³-hybridized carbons (Fsp3) is 0.857. The van der Waals surface area contributed by atoms with Gasteiger partial charge in [0.15, 0.2) is 0 Å². The number of hydrogen-bond donors (Lipinski definition) is 2. The van der Waals surface area contributed by atoms with Gasteiger partial charge in [-0.15, -0.1) is 0 Å². The molecule has 1 aliphatic heterocycles. The SMILES string of the molecule is CCCCCN(C)CC(=O)N1CCC(C(=O)NN)CC1. The second kappa shape index (κ2) is 8.92. The minimum Gasteiger partial charge on any atom is -0.342 e. The lowest BCUT2D eigenvalue weighted by Crippen LogP contribution is -2.47. The van der Waals surface area contributed by atoms with Crippen molar-refractivity contribution >= 4 is 11.8 Å². The molecule has 0 aromatic rings. The van der Waals surface area contributed by atoms with Gasteiger partial charge in [0.25, 0.3) is 0 Å². The van der Waals surface area contributed by atoms with Crippen LogP contribution in [0.3, 0.4) is 0 Å². The van der Waals surface area contributed by atoms with Gasteiger partial charge in [0.1, 0.15) is 0 Å². The molecule has 0 atom stereocenters. The average Bonchev–Trinajstić information content (AvgIpc) is 2.46. The molecular formula is C14H28N4O2. The molecule has 1 fully saturated rings. The molecule has 0 saturated carbocycles. The zero-order valence-electron chi connectivity index (χ0n) is 12.7. The predicted molar refractivity (Wildman–Crippen MR) is 78.7 cm³/mol. The molecule has 6 heteroatoms. The fourth-order valence-corrected chi connectivity index (χ4v) is 2.55. The summed E-state index contributed by atoms with van der Waals surface area (Å²) in [5.41, 5.74) is 2.19. The smallest absolute Gasteiger partial charge is 0.237 e. The third-order valence-electron chi connectivity index (χ3n) is 3.91. The third-order valence-corrected chi connectivity index (χ3v) is 3.91. The maximum Gasteiger partial charge on any atom is 0.237 e. The number of nitrogens with two attached hydrogens (primary N) is 1. The Morgan fingerprint density at radius 3 is 2.50 bits per heavy atom. The van der Waals surface area contributed by atoms with Gasteiger partial charge in [-0.3, -0.25) is 19.9 Å². The Kier molecular flexibility index (Phi) is 7.54. The summed E-state index contributed by atoms with van der Waals surface area (Å²) in [6.07, 6.45) is 4.94. The number of nitrogens with zero attached hydrogens (tertiary/aromatic N) is 2. The molecule has 0 bridgehead atoms. The largest absolute Gasteiger partial charge is 0.342 e. The molecule has 0 unspecified atom stereocenters. The average molecular weight is 284 g/mol. The number of nitrogens with one attached hydrogen (secondary N) is 1. The highest BCUT2D eigenvalue weighted by Crippen LogP contribution is 2.17. The van der Waals surface area contributed by atoms with E-state index < -0.39 is 0 Å². The van der Waals surface area contributed by atoms with Crippen molar-refractivity contribution in [2.24, 2.45) is 11.8 Å². The van der Waals surface area contributed by atoms with Crippen molar-refractivity contribution in [3.05, 3.63) is 0 Å². The Labute approximate surface area is 121 Å². The number of carbonyl (C=O) groups is 2. The van der Waals surface area contributed by atoms with Gasteiger partial charge in [-0.2, -0.15) is 0 Å². The maximum atomic E-state index is 12.1. The van der Waals surface area contributed by atoms with Crippen LogP contribution in [0.15, 0.2) is 0 Å². The van der Waals surface area contributed by atoms with E-state index in [1.54, 1.807) is 0 Å². The molecule has 3 N–H and O–H groups in total. The molecule has 20 heavy (non-hydrogen) atoms. The Morgan fingerprint density at radius 1 is 1.30 bits per heavy atom. The molecule has 1 heterocycles. The summed E-state index contributed by atoms with van der Waals surface area (Å²) in [6, 6.07) is 0. The number of hydrogen-bond acceptors (Lipinski definition) is 4. The van der Waals surface area contributed by atoms with Gasteiger partial charge in [-0.1, -0.05) is 19.8 Å². The van der Waals surface area contributed by atoms with Gasteiger partial charge in [0, 0.05) is 19.0 Å². The number of rotatable bonds is 7. The van der Waals surface area contributed by atoms with Gasteiger partial charge in [0.2, 0.25) is 11.8 Å². The van der Waals surface area contributed by atoms with Gasteiger partial charge in [-0.25, -0.2) is 5.84 Å². The van der Waals surface area contributed by atoms with Crippen LogP contribution in [0.25, 0.3) is 0 Å². The summed E-state index contributed by atoms with van der Waals surface area (Å²) in [5.74, 6) is 5.13. The summed E-state index contributed by atoms with van der Waals surface area (Å²) in [6.45, 7) is 4.91. The number of likely N-dealkylation sites (N-methyl/N-ethyl adjacent to an activating group) is 1. The first-order chi connectivity index (χ1) is 9.58. The maximum absolute atomic E-state index is 12.1. The zero-order valence-corrected chi connectivity index (χ0v) is 12.7. The van der Waals surface area contributed by atoms with Crippen molar-refractivity contribution in [2.75, 3.05) is 33.2 Å². The number of amides is 2. The normalized spacial score (nSPS) is 16.5. The number of carbonyl (C=O) groups excluding carboxylic acids is 2. The van der Waals surface area contributed by atoms with E-state index in [2.05, 4.69) is 17.2 Å². The Morgan fingerprint density at radius 2 is 1.95 bits per heavy atom. The van der Waals surface area contributed by atoms with Crippen molar-refractivity contribution in [1.29, 1.82) is 0 Å². The van der Waals surface area contributed by atoms with Crippen LogP contribution in [0.4, 0.5) is 0 Å². The number of unbranched alkanes of at least 4 members (excludes halogenated alkanes) is 2. The molecule has 1 aliphatic rings. The van der Waals surface area contributed by atoms with Crippen molar-refractivity contribution < 1.29 is 9.59 Å². The number of piperidine rings is 1. The van der Waals surface area contributed by atoms with Crippen LogP contribution in [0, 0.1) is 5.92 Å². The van der Waals surface area contributed by atoms with Gasteiger partial charge in [0.05, 0.1) is 6.54 Å². The van der Waals surface area contributed by atoms with Crippen molar-refractivity contribution in [3.8, 4) is 0 Å². The Hall–Kier alpha value is -1.14. The third kappa shape index (κ3) is 5.46. The van der Waals surface area contributed by atoms with Crippen LogP contribution >= 0.6 is 0 Å². The van der Waals surface area contributed by atoms with Gasteiger partial charge < -0.3 is 4.90 Å². The summed E-state index contributed by atoms with van der Waals surface area (Å²) < 4.78 is 0. The molecule has 6 nitrogen and oxygen atoms in total. The molecule has 0 aliphatic carbocycles. The first kappa shape index (κ1) is 16.9. The summed E-state index contributed by atoms with van der Waals surface area (Å²) in [5, 5.41) is 0. The highest BCUT2D eigenvalue weighted by Gasteiger charge is 2.27. The van der Waals surface area contributed by atoms with E-state index in [-0.39, 0.29) is 17.7 Å². The van der Waals surface area contributed by atoms with E-state index in [0.717, 1.165) is 13.0 Å². The van der Waals surface area contributed by atoms with E-state index in [9.17, 15) is 9.59 Å². The van der Waals surface area contributed by atoms with Gasteiger partial charge in [-0.05, 0) is 32.9 Å². The predicted octanol–water partition coefficient (Wildman–Crippen LogP) is 0.337. The molecule has 0 radical (unpaired) electrons. The summed E-state index contributed by atoms with van der Waals surface area (Å²) in [4.78, 5) is 27.5. The summed E-state index contributed by atoms with van der Waals surface area (Å²) in [7, 11) is 1.99. The van der Waals surface area contributed by atoms with Crippen molar-refractivity contribution in [3.63, 3.8) is 0 Å². The minimum absolute atomic E-state index is 0.0497. The monoisotopic (exact) mass is 284 g/mol. The molecule has 1 saturated heterocycles. The van der Waals surface area contributed by atoms with Crippen molar-refractivity contribution in [2.45, 2.75) is 39.0 Å². The molecule has 0 spiro atoms. The van der Waals surface area contributed by atoms with Gasteiger partial charge >= 0.3 is 0 Å². The van der Waals surface area contributed by atoms with Crippen LogP contribution in [-0.4, -0.2) is 54.8 Å². The standard InChI is InChI=1S/C14H28N4O2/c1-3-4-5-8-17(2)11-13(19)18-9-6-12(7-10-18)14(20)16-15/h12H,3-11,15H2,1-2H3,(H,16,20). The van der Waals surface area contributed by atoms with E-state index in [1.165, 1.54) is 12.8 Å². The van der Waals surface area contributed by atoms with E-state index in [4.69, 9.17) is 5.84 Å². The highest BCUT2D eigenvalue weighted by atomic mass is 16.2. The minimum atomic E-state index is -0.117. The Balaban J connectivity index is 2.26. The van der Waals surface area contributed by atoms with Crippen LogP contribution in [0.5, 0.6) is 0 Å². The molecule has 1 rings (SSSR count). The second-order valence-corrected chi connectivity index (χ2v) is 5.61. The molecule has 116 valence electrons. The zero-order chi connectivity index (χ0) is 15.0. The van der Waals surface area contributed by atoms with Crippen LogP contribution in [0.2, 0.25) is 0 Å². The van der Waals surface area contributed by atoms with E-state index >= 15 is 0 Å². The quantitative estimate of drug-likeness (QED) is 0.306. The molecule has 2 amide bonds. The van der Waals surface area contributed by atoms with Crippen LogP contribution < -0.4 is 11.3 Å².